The summed E-state index contributed by atoms with van der Waals surface area (Å²) in [5.74, 6) is -0.728. The van der Waals surface area contributed by atoms with Gasteiger partial charge < -0.3 is 4.74 Å². The van der Waals surface area contributed by atoms with Crippen LogP contribution in [0.25, 0.3) is 0 Å². The lowest BCUT2D eigenvalue weighted by molar-refractivity contribution is -0.124. The molecule has 0 aliphatic carbocycles. The molecule has 1 aliphatic heterocycles. The van der Waals surface area contributed by atoms with Gasteiger partial charge in [0.05, 0.1) is 15.9 Å². The summed E-state index contributed by atoms with van der Waals surface area (Å²) in [5.41, 5.74) is 0. The second-order valence-electron chi connectivity index (χ2n) is 1.25. The first-order valence-electron chi connectivity index (χ1n) is 4.05. The van der Waals surface area contributed by atoms with Crippen molar-refractivity contribution in [2.75, 3.05) is 13.2 Å². The fraction of sp³-hybridized carbons (Fsp3) is 0.800. The zero-order valence-corrected chi connectivity index (χ0v) is 3.73. The van der Waals surface area contributed by atoms with Crippen LogP contribution in [0.5, 0.6) is 0 Å². The van der Waals surface area contributed by atoms with Crippen LogP contribution in [0.1, 0.15) is 18.3 Å². The van der Waals surface area contributed by atoms with Crippen LogP contribution >= 0.6 is 0 Å². The summed E-state index contributed by atoms with van der Waals surface area (Å²) in [6.45, 7) is -2.51. The number of hydrogen-bond acceptors (Lipinski definition) is 2. The van der Waals surface area contributed by atoms with E-state index in [0.29, 0.717) is 0 Å². The average molecular weight is 104 g/mol. The summed E-state index contributed by atoms with van der Waals surface area (Å²) < 4.78 is 32.6. The topological polar surface area (TPSA) is 26.3 Å². The Morgan fingerprint density at radius 2 is 2.71 bits per heavy atom. The molecule has 7 heavy (non-hydrogen) atoms. The summed E-state index contributed by atoms with van der Waals surface area (Å²) in [6.07, 6.45) is -2.54. The van der Waals surface area contributed by atoms with Gasteiger partial charge in [-0.2, -0.15) is 0 Å². The third-order valence-electron chi connectivity index (χ3n) is 0.694. The number of Topliss-reactive ketones (excluding diaryl/α,β-unsaturated/α-hetero) is 1. The van der Waals surface area contributed by atoms with Crippen LogP contribution in [0.2, 0.25) is 0 Å². The Bertz CT molecular complexity index is 189. The highest BCUT2D eigenvalue weighted by molar-refractivity contribution is 5.78. The van der Waals surface area contributed by atoms with Gasteiger partial charge in [0.15, 0.2) is 0 Å². The van der Waals surface area contributed by atoms with Gasteiger partial charge in [-0.15, -0.1) is 0 Å². The van der Waals surface area contributed by atoms with Gasteiger partial charge >= 0.3 is 0 Å². The van der Waals surface area contributed by atoms with E-state index in [-0.39, 0.29) is 13.0 Å². The Morgan fingerprint density at radius 1 is 1.86 bits per heavy atom. The van der Waals surface area contributed by atoms with E-state index in [1.54, 1.807) is 0 Å². The molecule has 1 aliphatic rings. The van der Waals surface area contributed by atoms with Crippen LogP contribution in [0.15, 0.2) is 0 Å². The Kier molecular flexibility index (Phi) is 0.551. The van der Waals surface area contributed by atoms with Gasteiger partial charge in [-0.25, -0.2) is 0 Å². The van der Waals surface area contributed by atoms with Crippen molar-refractivity contribution in [1.82, 2.24) is 0 Å². The van der Waals surface area contributed by atoms with Crippen molar-refractivity contribution in [2.45, 2.75) is 12.8 Å². The number of carbonyl (C=O) groups excluding carboxylic acids is 1. The molecule has 0 bridgehead atoms. The predicted molar refractivity (Wildman–Crippen MR) is 25.1 cm³/mol. The monoisotopic (exact) mass is 104 g/mol. The number of rotatable bonds is 0. The van der Waals surface area contributed by atoms with Crippen molar-refractivity contribution < 1.29 is 15.0 Å². The van der Waals surface area contributed by atoms with Crippen LogP contribution in [0, 0.1) is 0 Å². The molecule has 0 aromatic rings. The third-order valence-corrected chi connectivity index (χ3v) is 0.694. The molecule has 1 saturated heterocycles. The summed E-state index contributed by atoms with van der Waals surface area (Å²) in [6, 6.07) is 0. The molecule has 0 aromatic heterocycles. The molecule has 40 valence electrons. The molecule has 0 unspecified atom stereocenters. The molecule has 0 amide bonds. The zero-order valence-electron chi connectivity index (χ0n) is 7.73. The highest BCUT2D eigenvalue weighted by atomic mass is 16.5. The predicted octanol–water partition coefficient (Wildman–Crippen LogP) is 0.366. The van der Waals surface area contributed by atoms with Gasteiger partial charge in [-0.05, 0) is 0 Å². The maximum Gasteiger partial charge on any atom is 0.137 e. The summed E-state index contributed by atoms with van der Waals surface area (Å²) in [7, 11) is 0. The quantitative estimate of drug-likeness (QED) is 0.443. The van der Waals surface area contributed by atoms with Gasteiger partial charge in [-0.3, -0.25) is 4.79 Å². The molecule has 0 aromatic carbocycles. The molecule has 0 atom stereocenters. The van der Waals surface area contributed by atoms with Gasteiger partial charge in [0.2, 0.25) is 0 Å². The third kappa shape index (κ3) is 1.27. The Hall–Kier alpha value is -0.370. The summed E-state index contributed by atoms with van der Waals surface area (Å²) in [4.78, 5) is 10.8. The van der Waals surface area contributed by atoms with Crippen LogP contribution in [-0.4, -0.2) is 18.9 Å². The van der Waals surface area contributed by atoms with E-state index < -0.39 is 18.7 Å². The Morgan fingerprint density at radius 3 is 3.29 bits per heavy atom. The lowest BCUT2D eigenvalue weighted by atomic mass is 10.2. The first-order valence-corrected chi connectivity index (χ1v) is 2.05. The van der Waals surface area contributed by atoms with Crippen molar-refractivity contribution in [3.05, 3.63) is 0 Å². The minimum Gasteiger partial charge on any atom is -0.381 e. The SMILES string of the molecule is [2H]C1([2H])OCCC(=O)C1([2H])[2H]. The largest absolute Gasteiger partial charge is 0.381 e. The van der Waals surface area contributed by atoms with Crippen LogP contribution in [0.4, 0.5) is 0 Å². The smallest absolute Gasteiger partial charge is 0.137 e. The maximum absolute atomic E-state index is 10.8. The molecule has 1 rings (SSSR count). The minimum absolute atomic E-state index is 0.0364. The first-order chi connectivity index (χ1) is 4.88. The Balaban J connectivity index is 2.91. The average Bonchev–Trinajstić information content (AvgIpc) is 1.84. The van der Waals surface area contributed by atoms with Crippen molar-refractivity contribution in [2.24, 2.45) is 0 Å². The van der Waals surface area contributed by atoms with E-state index >= 15 is 0 Å². The van der Waals surface area contributed by atoms with Crippen LogP contribution in [0.3, 0.4) is 0 Å². The molecule has 1 fully saturated rings. The van der Waals surface area contributed by atoms with E-state index in [2.05, 4.69) is 4.74 Å². The molecule has 0 spiro atoms. The fourth-order valence-electron chi connectivity index (χ4n) is 0.350. The highest BCUT2D eigenvalue weighted by Gasteiger charge is 2.06. The van der Waals surface area contributed by atoms with E-state index in [1.165, 1.54) is 0 Å². The first kappa shape index (κ1) is 1.86. The van der Waals surface area contributed by atoms with Gasteiger partial charge in [-0.1, -0.05) is 0 Å². The highest BCUT2D eigenvalue weighted by Crippen LogP contribution is 1.98. The van der Waals surface area contributed by atoms with Crippen molar-refractivity contribution >= 4 is 5.78 Å². The standard InChI is InChI=1S/C5H8O2/c6-5-1-3-7-4-2-5/h1-4H2/i1D2,3D2. The fourth-order valence-corrected chi connectivity index (χ4v) is 0.350. The number of hydrogen-bond donors (Lipinski definition) is 0. The van der Waals surface area contributed by atoms with Crippen molar-refractivity contribution in [1.29, 1.82) is 0 Å². The maximum atomic E-state index is 10.8. The van der Waals surface area contributed by atoms with E-state index in [4.69, 9.17) is 5.48 Å². The van der Waals surface area contributed by atoms with E-state index in [9.17, 15) is 4.79 Å². The van der Waals surface area contributed by atoms with Crippen molar-refractivity contribution in [3.8, 4) is 0 Å². The van der Waals surface area contributed by atoms with Gasteiger partial charge in [0.25, 0.3) is 0 Å². The molecular weight excluding hydrogens is 92.1 g/mol. The molecule has 1 heterocycles. The second kappa shape index (κ2) is 2.07. The minimum atomic E-state index is -2.49. The van der Waals surface area contributed by atoms with Gasteiger partial charge in [0, 0.05) is 15.5 Å². The normalized spacial score (nSPS) is 45.4. The molecular formula is C5H8O2. The van der Waals surface area contributed by atoms with Gasteiger partial charge in [0.1, 0.15) is 5.78 Å². The van der Waals surface area contributed by atoms with Crippen molar-refractivity contribution in [3.63, 3.8) is 0 Å². The number of carbonyl (C=O) groups is 1. The van der Waals surface area contributed by atoms with Crippen LogP contribution in [-0.2, 0) is 9.53 Å². The molecule has 0 saturated carbocycles. The van der Waals surface area contributed by atoms with E-state index in [0.717, 1.165) is 0 Å². The Labute approximate surface area is 48.1 Å². The number of ketones is 1. The molecule has 2 heteroatoms. The molecule has 0 radical (unpaired) electrons. The lowest BCUT2D eigenvalue weighted by Crippen LogP contribution is -2.14. The zero-order chi connectivity index (χ0) is 8.70. The lowest BCUT2D eigenvalue weighted by Gasteiger charge is -2.07. The number of ether oxygens (including phenoxy) is 1. The van der Waals surface area contributed by atoms with Crippen LogP contribution < -0.4 is 0 Å². The molecule has 2 nitrogen and oxygen atoms in total. The second-order valence-corrected chi connectivity index (χ2v) is 1.25. The summed E-state index contributed by atoms with van der Waals surface area (Å²) >= 11 is 0. The molecule has 0 N–H and O–H groups in total. The summed E-state index contributed by atoms with van der Waals surface area (Å²) in [5, 5.41) is 0. The van der Waals surface area contributed by atoms with E-state index in [1.807, 2.05) is 0 Å².